The van der Waals surface area contributed by atoms with Crippen molar-refractivity contribution in [2.45, 2.75) is 51.1 Å². The van der Waals surface area contributed by atoms with Crippen molar-refractivity contribution in [2.24, 2.45) is 0 Å². The van der Waals surface area contributed by atoms with E-state index in [4.69, 9.17) is 10.5 Å². The van der Waals surface area contributed by atoms with E-state index >= 15 is 4.39 Å². The molecule has 8 heteroatoms. The minimum absolute atomic E-state index is 0.180. The fourth-order valence-corrected chi connectivity index (χ4v) is 5.28. The van der Waals surface area contributed by atoms with Crippen molar-refractivity contribution >= 4 is 23.2 Å². The van der Waals surface area contributed by atoms with Gasteiger partial charge in [-0.15, -0.1) is 0 Å². The molecular formula is C26H28FN5O2. The zero-order valence-corrected chi connectivity index (χ0v) is 19.4. The number of amides is 1. The third kappa shape index (κ3) is 3.63. The van der Waals surface area contributed by atoms with Crippen LogP contribution in [-0.2, 0) is 12.1 Å². The predicted octanol–water partition coefficient (Wildman–Crippen LogP) is 5.07. The molecule has 1 spiro atoms. The molecular weight excluding hydrogens is 433 g/mol. The third-order valence-corrected chi connectivity index (χ3v) is 7.13. The van der Waals surface area contributed by atoms with E-state index in [1.807, 2.05) is 42.2 Å². The van der Waals surface area contributed by atoms with Gasteiger partial charge in [0.15, 0.2) is 0 Å². The molecule has 1 saturated carbocycles. The number of hydrogen-bond donors (Lipinski definition) is 2. The van der Waals surface area contributed by atoms with Gasteiger partial charge in [-0.3, -0.25) is 4.79 Å². The molecule has 1 aliphatic heterocycles. The van der Waals surface area contributed by atoms with Crippen molar-refractivity contribution in [1.82, 2.24) is 14.9 Å². The zero-order valence-electron chi connectivity index (χ0n) is 19.4. The first-order valence-electron chi connectivity index (χ1n) is 11.6. The van der Waals surface area contributed by atoms with E-state index in [0.29, 0.717) is 29.4 Å². The number of aromatic nitrogens is 2. The van der Waals surface area contributed by atoms with Crippen LogP contribution in [0.2, 0.25) is 0 Å². The summed E-state index contributed by atoms with van der Waals surface area (Å²) in [6, 6.07) is 11.0. The highest BCUT2D eigenvalue weighted by atomic mass is 19.1. The van der Waals surface area contributed by atoms with Gasteiger partial charge in [-0.2, -0.15) is 0 Å². The highest BCUT2D eigenvalue weighted by Crippen LogP contribution is 2.51. The SMILES string of the molecule is COc1ccc(CN2C(=O)c3c(F)cc(Nc4ncnc(N)c4C)cc3C23CCCCC3)cc1. The Morgan fingerprint density at radius 1 is 1.15 bits per heavy atom. The Balaban J connectivity index is 1.55. The maximum atomic E-state index is 15.5. The van der Waals surface area contributed by atoms with Crippen LogP contribution in [0.1, 0.15) is 59.2 Å². The second-order valence-corrected chi connectivity index (χ2v) is 9.07. The molecule has 7 nitrogen and oxygen atoms in total. The molecule has 2 heterocycles. The number of benzene rings is 2. The minimum atomic E-state index is -0.525. The lowest BCUT2D eigenvalue weighted by molar-refractivity contribution is 0.0386. The summed E-state index contributed by atoms with van der Waals surface area (Å²) in [4.78, 5) is 23.7. The number of hydrogen-bond acceptors (Lipinski definition) is 6. The summed E-state index contributed by atoms with van der Waals surface area (Å²) in [5.41, 5.74) is 8.54. The van der Waals surface area contributed by atoms with Gasteiger partial charge in [0.1, 0.15) is 29.5 Å². The Labute approximate surface area is 198 Å². The number of carbonyl (C=O) groups excluding carboxylic acids is 1. The first-order valence-corrected chi connectivity index (χ1v) is 11.6. The molecule has 0 radical (unpaired) electrons. The van der Waals surface area contributed by atoms with Crippen molar-refractivity contribution in [3.63, 3.8) is 0 Å². The molecule has 1 amide bonds. The summed E-state index contributed by atoms with van der Waals surface area (Å²) < 4.78 is 20.7. The van der Waals surface area contributed by atoms with Gasteiger partial charge in [0.05, 0.1) is 18.2 Å². The number of fused-ring (bicyclic) bond motifs is 2. The highest BCUT2D eigenvalue weighted by Gasteiger charge is 2.51. The smallest absolute Gasteiger partial charge is 0.258 e. The number of rotatable bonds is 5. The van der Waals surface area contributed by atoms with Gasteiger partial charge in [0.25, 0.3) is 5.91 Å². The Kier molecular flexibility index (Phi) is 5.59. The molecule has 1 aromatic heterocycles. The monoisotopic (exact) mass is 461 g/mol. The molecule has 5 rings (SSSR count). The second kappa shape index (κ2) is 8.59. The zero-order chi connectivity index (χ0) is 23.9. The van der Waals surface area contributed by atoms with E-state index < -0.39 is 11.4 Å². The number of methoxy groups -OCH3 is 1. The first-order chi connectivity index (χ1) is 16.4. The summed E-state index contributed by atoms with van der Waals surface area (Å²) in [5, 5.41) is 3.18. The molecule has 3 N–H and O–H groups in total. The maximum Gasteiger partial charge on any atom is 0.258 e. The average Bonchev–Trinajstić information content (AvgIpc) is 3.06. The summed E-state index contributed by atoms with van der Waals surface area (Å²) in [6.07, 6.45) is 6.09. The van der Waals surface area contributed by atoms with Crippen LogP contribution in [0.4, 0.5) is 21.7 Å². The van der Waals surface area contributed by atoms with Gasteiger partial charge in [-0.25, -0.2) is 14.4 Å². The summed E-state index contributed by atoms with van der Waals surface area (Å²) in [6.45, 7) is 2.23. The van der Waals surface area contributed by atoms with Gasteiger partial charge < -0.3 is 20.7 Å². The van der Waals surface area contributed by atoms with Crippen LogP contribution in [0.15, 0.2) is 42.7 Å². The van der Waals surface area contributed by atoms with Gasteiger partial charge in [0, 0.05) is 17.8 Å². The lowest BCUT2D eigenvalue weighted by atomic mass is 9.76. The molecule has 0 atom stereocenters. The van der Waals surface area contributed by atoms with Crippen LogP contribution in [0.5, 0.6) is 5.75 Å². The molecule has 1 fully saturated rings. The van der Waals surface area contributed by atoms with Crippen molar-refractivity contribution < 1.29 is 13.9 Å². The van der Waals surface area contributed by atoms with Crippen molar-refractivity contribution in [2.75, 3.05) is 18.2 Å². The molecule has 0 saturated heterocycles. The number of nitrogens with zero attached hydrogens (tertiary/aromatic N) is 3. The Hall–Kier alpha value is -3.68. The fraction of sp³-hybridized carbons (Fsp3) is 0.346. The molecule has 0 unspecified atom stereocenters. The van der Waals surface area contributed by atoms with Gasteiger partial charge in [-0.1, -0.05) is 31.4 Å². The van der Waals surface area contributed by atoms with E-state index in [-0.39, 0.29) is 11.5 Å². The standard InChI is InChI=1S/C26H28FN5O2/c1-16-23(28)29-15-30-24(16)31-18-12-20-22(21(27)13-18)25(33)32(26(20)10-4-3-5-11-26)14-17-6-8-19(34-2)9-7-17/h6-9,12-13,15H,3-5,10-11,14H2,1-2H3,(H3,28,29,30,31). The molecule has 176 valence electrons. The molecule has 34 heavy (non-hydrogen) atoms. The maximum absolute atomic E-state index is 15.5. The quantitative estimate of drug-likeness (QED) is 0.551. The Morgan fingerprint density at radius 3 is 2.59 bits per heavy atom. The van der Waals surface area contributed by atoms with E-state index in [1.165, 1.54) is 12.4 Å². The van der Waals surface area contributed by atoms with Crippen molar-refractivity contribution in [1.29, 1.82) is 0 Å². The second-order valence-electron chi connectivity index (χ2n) is 9.07. The summed E-state index contributed by atoms with van der Waals surface area (Å²) in [7, 11) is 1.62. The van der Waals surface area contributed by atoms with E-state index in [0.717, 1.165) is 49.0 Å². The first kappa shape index (κ1) is 22.1. The predicted molar refractivity (Wildman–Crippen MR) is 128 cm³/mol. The summed E-state index contributed by atoms with van der Waals surface area (Å²) in [5.74, 6) is 0.869. The molecule has 0 bridgehead atoms. The van der Waals surface area contributed by atoms with E-state index in [1.54, 1.807) is 7.11 Å². The van der Waals surface area contributed by atoms with Crippen molar-refractivity contribution in [3.8, 4) is 5.75 Å². The highest BCUT2D eigenvalue weighted by molar-refractivity contribution is 6.01. The van der Waals surface area contributed by atoms with Crippen LogP contribution < -0.4 is 15.8 Å². The number of carbonyl (C=O) groups is 1. The Bertz CT molecular complexity index is 1240. The third-order valence-electron chi connectivity index (χ3n) is 7.13. The van der Waals surface area contributed by atoms with Crippen LogP contribution in [0.25, 0.3) is 0 Å². The van der Waals surface area contributed by atoms with Gasteiger partial charge in [0.2, 0.25) is 0 Å². The van der Waals surface area contributed by atoms with Crippen LogP contribution in [0, 0.1) is 12.7 Å². The fourth-order valence-electron chi connectivity index (χ4n) is 5.28. The van der Waals surface area contributed by atoms with Gasteiger partial charge in [-0.05, 0) is 55.2 Å². The lowest BCUT2D eigenvalue weighted by Crippen LogP contribution is -2.44. The average molecular weight is 462 g/mol. The topological polar surface area (TPSA) is 93.4 Å². The number of halogens is 1. The number of anilines is 3. The number of nitrogen functional groups attached to an aromatic ring is 1. The Morgan fingerprint density at radius 2 is 1.88 bits per heavy atom. The van der Waals surface area contributed by atoms with Crippen LogP contribution in [0.3, 0.4) is 0 Å². The molecule has 1 aliphatic carbocycles. The minimum Gasteiger partial charge on any atom is -0.497 e. The molecule has 3 aromatic rings. The molecule has 2 aromatic carbocycles. The van der Waals surface area contributed by atoms with E-state index in [9.17, 15) is 4.79 Å². The largest absolute Gasteiger partial charge is 0.497 e. The number of nitrogens with two attached hydrogens (primary N) is 1. The summed E-state index contributed by atoms with van der Waals surface area (Å²) >= 11 is 0. The molecule has 2 aliphatic rings. The van der Waals surface area contributed by atoms with E-state index in [2.05, 4.69) is 15.3 Å². The van der Waals surface area contributed by atoms with Crippen LogP contribution >= 0.6 is 0 Å². The van der Waals surface area contributed by atoms with Crippen LogP contribution in [-0.4, -0.2) is 27.9 Å². The van der Waals surface area contributed by atoms with Crippen molar-refractivity contribution in [3.05, 3.63) is 70.8 Å². The van der Waals surface area contributed by atoms with Gasteiger partial charge >= 0.3 is 0 Å². The number of nitrogens with one attached hydrogen (secondary N) is 1. The number of ether oxygens (including phenoxy) is 1. The normalized spacial score (nSPS) is 16.6. The lowest BCUT2D eigenvalue weighted by Gasteiger charge is -2.42.